The third-order valence-corrected chi connectivity index (χ3v) is 3.70. The van der Waals surface area contributed by atoms with Gasteiger partial charge in [0.15, 0.2) is 11.9 Å². The van der Waals surface area contributed by atoms with Crippen molar-refractivity contribution in [1.29, 1.82) is 0 Å². The number of thiazole rings is 1. The smallest absolute Gasteiger partial charge is 0.326 e. The van der Waals surface area contributed by atoms with Gasteiger partial charge in [-0.15, -0.1) is 0 Å². The lowest BCUT2D eigenvalue weighted by molar-refractivity contribution is -0.153. The molecule has 8 nitrogen and oxygen atoms in total. The summed E-state index contributed by atoms with van der Waals surface area (Å²) in [5.74, 6) is -0.402. The van der Waals surface area contributed by atoms with Crippen LogP contribution in [0.1, 0.15) is 18.4 Å². The van der Waals surface area contributed by atoms with Gasteiger partial charge in [-0.05, 0) is 20.8 Å². The summed E-state index contributed by atoms with van der Waals surface area (Å²) in [7, 11) is 0. The zero-order valence-electron chi connectivity index (χ0n) is 12.3. The summed E-state index contributed by atoms with van der Waals surface area (Å²) in [4.78, 5) is 34.9. The third kappa shape index (κ3) is 3.82. The normalized spacial score (nSPS) is 12.0. The molecule has 1 atom stereocenters. The number of nitrogens with one attached hydrogen (secondary N) is 1. The van der Waals surface area contributed by atoms with Gasteiger partial charge in [0.2, 0.25) is 0 Å². The van der Waals surface area contributed by atoms with Gasteiger partial charge in [0.1, 0.15) is 12.3 Å². The predicted molar refractivity (Wildman–Crippen MR) is 78.7 cm³/mol. The van der Waals surface area contributed by atoms with E-state index in [0.717, 1.165) is 11.3 Å². The van der Waals surface area contributed by atoms with Gasteiger partial charge in [-0.2, -0.15) is 0 Å². The van der Waals surface area contributed by atoms with Crippen molar-refractivity contribution in [3.63, 3.8) is 0 Å². The van der Waals surface area contributed by atoms with Crippen molar-refractivity contribution in [2.24, 2.45) is 0 Å². The Morgan fingerprint density at radius 3 is 2.77 bits per heavy atom. The summed E-state index contributed by atoms with van der Waals surface area (Å²) >= 11 is 1.00. The molecule has 0 radical (unpaired) electrons. The van der Waals surface area contributed by atoms with Crippen LogP contribution in [0.5, 0.6) is 0 Å². The Kier molecular flexibility index (Phi) is 4.76. The Labute approximate surface area is 129 Å². The third-order valence-electron chi connectivity index (χ3n) is 2.82. The molecule has 0 spiro atoms. The first kappa shape index (κ1) is 16.0. The van der Waals surface area contributed by atoms with E-state index in [9.17, 15) is 14.4 Å². The first-order chi connectivity index (χ1) is 10.4. The molecule has 22 heavy (non-hydrogen) atoms. The maximum absolute atomic E-state index is 11.9. The van der Waals surface area contributed by atoms with Gasteiger partial charge in [0.25, 0.3) is 5.91 Å². The number of hydrogen-bond acceptors (Lipinski definition) is 7. The molecule has 2 heterocycles. The summed E-state index contributed by atoms with van der Waals surface area (Å²) in [6, 6.07) is 1.54. The number of nitrogens with zero attached hydrogens (tertiary/aromatic N) is 2. The van der Waals surface area contributed by atoms with Crippen LogP contribution >= 0.6 is 11.3 Å². The predicted octanol–water partition coefficient (Wildman–Crippen LogP) is 1.09. The second-order valence-corrected chi connectivity index (χ2v) is 5.49. The van der Waals surface area contributed by atoms with Crippen LogP contribution in [-0.4, -0.2) is 27.7 Å². The van der Waals surface area contributed by atoms with Crippen molar-refractivity contribution in [2.75, 3.05) is 5.32 Å². The van der Waals surface area contributed by atoms with Gasteiger partial charge in [0, 0.05) is 17.1 Å². The number of ether oxygens (including phenoxy) is 1. The summed E-state index contributed by atoms with van der Waals surface area (Å²) in [6.45, 7) is 4.61. The number of anilines is 1. The lowest BCUT2D eigenvalue weighted by Gasteiger charge is -2.12. The van der Waals surface area contributed by atoms with Crippen molar-refractivity contribution in [3.8, 4) is 0 Å². The highest BCUT2D eigenvalue weighted by atomic mass is 32.1. The van der Waals surface area contributed by atoms with Crippen molar-refractivity contribution < 1.29 is 18.8 Å². The van der Waals surface area contributed by atoms with E-state index in [0.29, 0.717) is 11.5 Å². The monoisotopic (exact) mass is 325 g/mol. The molecule has 0 saturated heterocycles. The summed E-state index contributed by atoms with van der Waals surface area (Å²) in [5.41, 5.74) is 0.669. The Bertz CT molecular complexity index is 745. The first-order valence-electron chi connectivity index (χ1n) is 6.45. The van der Waals surface area contributed by atoms with Crippen molar-refractivity contribution >= 4 is 29.0 Å². The molecule has 2 aromatic rings. The summed E-state index contributed by atoms with van der Waals surface area (Å²) in [6.07, 6.45) is -1.01. The maximum Gasteiger partial charge on any atom is 0.326 e. The van der Waals surface area contributed by atoms with Crippen LogP contribution in [-0.2, 0) is 20.9 Å². The van der Waals surface area contributed by atoms with Gasteiger partial charge < -0.3 is 14.6 Å². The van der Waals surface area contributed by atoms with E-state index in [1.165, 1.54) is 11.5 Å². The Morgan fingerprint density at radius 2 is 2.23 bits per heavy atom. The van der Waals surface area contributed by atoms with Crippen LogP contribution in [0.15, 0.2) is 20.8 Å². The van der Waals surface area contributed by atoms with Crippen LogP contribution in [0.25, 0.3) is 0 Å². The lowest BCUT2D eigenvalue weighted by Crippen LogP contribution is -2.32. The van der Waals surface area contributed by atoms with Crippen molar-refractivity contribution in [2.45, 2.75) is 33.4 Å². The molecule has 0 aliphatic heterocycles. The first-order valence-corrected chi connectivity index (χ1v) is 7.33. The molecule has 0 aromatic carbocycles. The molecule has 0 saturated carbocycles. The number of aryl methyl sites for hydroxylation is 2. The maximum atomic E-state index is 11.9. The van der Waals surface area contributed by atoms with E-state index in [1.54, 1.807) is 25.3 Å². The van der Waals surface area contributed by atoms with Gasteiger partial charge in [-0.25, -0.2) is 0 Å². The van der Waals surface area contributed by atoms with Crippen LogP contribution in [0.3, 0.4) is 0 Å². The van der Waals surface area contributed by atoms with Crippen LogP contribution in [0, 0.1) is 13.8 Å². The molecule has 1 amide bonds. The molecule has 0 aliphatic carbocycles. The second-order valence-electron chi connectivity index (χ2n) is 4.67. The average Bonchev–Trinajstić information content (AvgIpc) is 2.99. The van der Waals surface area contributed by atoms with Gasteiger partial charge in [-0.1, -0.05) is 16.5 Å². The molecule has 9 heteroatoms. The van der Waals surface area contributed by atoms with Crippen molar-refractivity contribution in [3.05, 3.63) is 32.6 Å². The number of amides is 1. The van der Waals surface area contributed by atoms with Gasteiger partial charge in [0.05, 0.1) is 0 Å². The Balaban J connectivity index is 1.90. The molecule has 2 rings (SSSR count). The van der Waals surface area contributed by atoms with E-state index in [-0.39, 0.29) is 17.2 Å². The van der Waals surface area contributed by atoms with Crippen LogP contribution < -0.4 is 10.2 Å². The molecular weight excluding hydrogens is 310 g/mol. The number of hydrogen-bond donors (Lipinski definition) is 1. The molecule has 0 bridgehead atoms. The molecule has 118 valence electrons. The van der Waals surface area contributed by atoms with Crippen molar-refractivity contribution in [1.82, 2.24) is 9.72 Å². The standard InChI is InChI=1S/C13H15N3O5S/c1-7-6-22-13(19)16(7)5-11(17)20-9(3)12(18)14-10-4-8(2)21-15-10/h4,6,9H,5H2,1-3H3,(H,14,15,18)/t9-/m1/s1. The van der Waals surface area contributed by atoms with E-state index < -0.39 is 18.0 Å². The molecule has 0 unspecified atom stereocenters. The van der Waals surface area contributed by atoms with E-state index in [2.05, 4.69) is 10.5 Å². The minimum atomic E-state index is -1.01. The quantitative estimate of drug-likeness (QED) is 0.825. The fourth-order valence-corrected chi connectivity index (χ4v) is 2.40. The summed E-state index contributed by atoms with van der Waals surface area (Å²) in [5, 5.41) is 7.72. The van der Waals surface area contributed by atoms with E-state index in [4.69, 9.17) is 9.26 Å². The Hall–Kier alpha value is -2.42. The fourth-order valence-electron chi connectivity index (χ4n) is 1.67. The minimum Gasteiger partial charge on any atom is -0.451 e. The zero-order valence-corrected chi connectivity index (χ0v) is 13.1. The molecule has 1 N–H and O–H groups in total. The molecule has 0 fully saturated rings. The van der Waals surface area contributed by atoms with Crippen LogP contribution in [0.4, 0.5) is 5.82 Å². The van der Waals surface area contributed by atoms with Gasteiger partial charge >= 0.3 is 10.8 Å². The number of aromatic nitrogens is 2. The average molecular weight is 325 g/mol. The topological polar surface area (TPSA) is 103 Å². The largest absolute Gasteiger partial charge is 0.451 e. The highest BCUT2D eigenvalue weighted by Crippen LogP contribution is 2.08. The lowest BCUT2D eigenvalue weighted by atomic mass is 10.3. The zero-order chi connectivity index (χ0) is 16.3. The minimum absolute atomic E-state index is 0.227. The summed E-state index contributed by atoms with van der Waals surface area (Å²) < 4.78 is 11.1. The fraction of sp³-hybridized carbons (Fsp3) is 0.385. The second kappa shape index (κ2) is 6.56. The molecule has 0 aliphatic rings. The van der Waals surface area contributed by atoms with E-state index >= 15 is 0 Å². The molecule has 2 aromatic heterocycles. The highest BCUT2D eigenvalue weighted by molar-refractivity contribution is 7.07. The number of carbonyl (C=O) groups is 2. The highest BCUT2D eigenvalue weighted by Gasteiger charge is 2.20. The number of rotatable bonds is 5. The Morgan fingerprint density at radius 1 is 1.50 bits per heavy atom. The SMILES string of the molecule is Cc1cc(NC(=O)[C@@H](C)OC(=O)Cn2c(C)csc2=O)no1. The van der Waals surface area contributed by atoms with Crippen LogP contribution in [0.2, 0.25) is 0 Å². The van der Waals surface area contributed by atoms with E-state index in [1.807, 2.05) is 0 Å². The number of carbonyl (C=O) groups excluding carboxylic acids is 2. The molecular formula is C13H15N3O5S. The van der Waals surface area contributed by atoms with Gasteiger partial charge in [-0.3, -0.25) is 19.0 Å². The number of esters is 1.